The van der Waals surface area contributed by atoms with E-state index in [1.54, 1.807) is 0 Å². The molecule has 4 heteroatoms. The minimum atomic E-state index is 0.0557. The zero-order valence-corrected chi connectivity index (χ0v) is 7.64. The molecule has 0 aliphatic carbocycles. The second-order valence-corrected chi connectivity index (χ2v) is 2.44. The van der Waals surface area contributed by atoms with Gasteiger partial charge in [0.2, 0.25) is 5.91 Å². The highest BCUT2D eigenvalue weighted by Gasteiger charge is 1.97. The minimum absolute atomic E-state index is 0.0557. The Bertz CT molecular complexity index is 118. The molecule has 0 aromatic heterocycles. The van der Waals surface area contributed by atoms with Crippen LogP contribution in [0, 0.1) is 0 Å². The van der Waals surface area contributed by atoms with Crippen LogP contribution in [0.2, 0.25) is 0 Å². The fourth-order valence-corrected chi connectivity index (χ4v) is 0.758. The minimum Gasteiger partial charge on any atom is -0.380 e. The molecule has 0 radical (unpaired) electrons. The van der Waals surface area contributed by atoms with Gasteiger partial charge in [0, 0.05) is 19.6 Å². The Hall–Kier alpha value is -0.610. The summed E-state index contributed by atoms with van der Waals surface area (Å²) >= 11 is 0. The molecule has 4 nitrogen and oxygen atoms in total. The number of carbonyl (C=O) groups is 1. The van der Waals surface area contributed by atoms with Crippen molar-refractivity contribution in [2.75, 3.05) is 26.3 Å². The fraction of sp³-hybridized carbons (Fsp3) is 0.875. The van der Waals surface area contributed by atoms with Crippen molar-refractivity contribution in [3.63, 3.8) is 0 Å². The molecule has 0 atom stereocenters. The van der Waals surface area contributed by atoms with E-state index in [2.05, 4.69) is 5.32 Å². The normalized spacial score (nSPS) is 9.83. The highest BCUT2D eigenvalue weighted by molar-refractivity contribution is 5.75. The Morgan fingerprint density at radius 1 is 1.58 bits per heavy atom. The molecule has 0 aromatic carbocycles. The maximum Gasteiger partial charge on any atom is 0.220 e. The summed E-state index contributed by atoms with van der Waals surface area (Å²) in [5.41, 5.74) is 5.25. The first-order chi connectivity index (χ1) is 5.81. The Kier molecular flexibility index (Phi) is 8.05. The lowest BCUT2D eigenvalue weighted by Gasteiger charge is -2.03. The fourth-order valence-electron chi connectivity index (χ4n) is 0.758. The molecular weight excluding hydrogens is 156 g/mol. The number of rotatable bonds is 7. The monoisotopic (exact) mass is 174 g/mol. The molecule has 0 aromatic rings. The van der Waals surface area contributed by atoms with Gasteiger partial charge in [0.25, 0.3) is 0 Å². The van der Waals surface area contributed by atoms with E-state index in [1.807, 2.05) is 6.92 Å². The Balaban J connectivity index is 3.08. The van der Waals surface area contributed by atoms with Crippen LogP contribution in [0.4, 0.5) is 0 Å². The number of nitrogens with one attached hydrogen (secondary N) is 1. The highest BCUT2D eigenvalue weighted by atomic mass is 16.5. The third-order valence-electron chi connectivity index (χ3n) is 1.38. The molecule has 0 unspecified atom stereocenters. The Labute approximate surface area is 73.5 Å². The van der Waals surface area contributed by atoms with Gasteiger partial charge < -0.3 is 15.8 Å². The van der Waals surface area contributed by atoms with Gasteiger partial charge in [-0.25, -0.2) is 0 Å². The van der Waals surface area contributed by atoms with Crippen molar-refractivity contribution < 1.29 is 9.53 Å². The van der Waals surface area contributed by atoms with E-state index in [1.165, 1.54) is 0 Å². The first-order valence-electron chi connectivity index (χ1n) is 4.35. The van der Waals surface area contributed by atoms with Crippen molar-refractivity contribution in [3.8, 4) is 0 Å². The maximum absolute atomic E-state index is 10.9. The summed E-state index contributed by atoms with van der Waals surface area (Å²) in [5, 5.41) is 2.73. The van der Waals surface area contributed by atoms with Crippen molar-refractivity contribution >= 4 is 5.91 Å². The summed E-state index contributed by atoms with van der Waals surface area (Å²) in [5.74, 6) is 0.0557. The van der Waals surface area contributed by atoms with Gasteiger partial charge in [0.15, 0.2) is 0 Å². The average Bonchev–Trinajstić information content (AvgIpc) is 2.09. The molecule has 0 heterocycles. The van der Waals surface area contributed by atoms with E-state index in [4.69, 9.17) is 10.5 Å². The van der Waals surface area contributed by atoms with Crippen LogP contribution in [-0.4, -0.2) is 32.2 Å². The van der Waals surface area contributed by atoms with Gasteiger partial charge in [0.05, 0.1) is 6.61 Å². The molecule has 0 bridgehead atoms. The largest absolute Gasteiger partial charge is 0.380 e. The van der Waals surface area contributed by atoms with Crippen LogP contribution in [0.25, 0.3) is 0 Å². The quantitative estimate of drug-likeness (QED) is 0.529. The molecule has 0 fully saturated rings. The predicted molar refractivity (Wildman–Crippen MR) is 47.8 cm³/mol. The van der Waals surface area contributed by atoms with Gasteiger partial charge in [0.1, 0.15) is 0 Å². The topological polar surface area (TPSA) is 64.3 Å². The van der Waals surface area contributed by atoms with E-state index in [-0.39, 0.29) is 5.91 Å². The van der Waals surface area contributed by atoms with Crippen LogP contribution in [0.1, 0.15) is 19.8 Å². The second-order valence-electron chi connectivity index (χ2n) is 2.44. The second kappa shape index (κ2) is 8.49. The van der Waals surface area contributed by atoms with Crippen molar-refractivity contribution in [1.29, 1.82) is 0 Å². The smallest absolute Gasteiger partial charge is 0.220 e. The molecular formula is C8H18N2O2. The standard InChI is InChI=1S/C8H18N2O2/c1-2-12-7-6-10-8(11)4-3-5-9/h2-7,9H2,1H3,(H,10,11). The lowest BCUT2D eigenvalue weighted by molar-refractivity contribution is -0.121. The average molecular weight is 174 g/mol. The van der Waals surface area contributed by atoms with E-state index in [9.17, 15) is 4.79 Å². The van der Waals surface area contributed by atoms with Gasteiger partial charge in [-0.05, 0) is 19.9 Å². The molecule has 72 valence electrons. The van der Waals surface area contributed by atoms with Gasteiger partial charge in [-0.2, -0.15) is 0 Å². The molecule has 0 spiro atoms. The van der Waals surface area contributed by atoms with E-state index in [0.29, 0.717) is 32.7 Å². The first kappa shape index (κ1) is 11.4. The Morgan fingerprint density at radius 3 is 2.92 bits per heavy atom. The first-order valence-corrected chi connectivity index (χ1v) is 4.35. The Morgan fingerprint density at radius 2 is 2.33 bits per heavy atom. The van der Waals surface area contributed by atoms with Crippen LogP contribution >= 0.6 is 0 Å². The van der Waals surface area contributed by atoms with Crippen LogP contribution in [0.15, 0.2) is 0 Å². The SMILES string of the molecule is CCOCCNC(=O)CCCN. The van der Waals surface area contributed by atoms with Gasteiger partial charge >= 0.3 is 0 Å². The summed E-state index contributed by atoms with van der Waals surface area (Å²) in [4.78, 5) is 10.9. The van der Waals surface area contributed by atoms with Gasteiger partial charge in [-0.15, -0.1) is 0 Å². The summed E-state index contributed by atoms with van der Waals surface area (Å²) < 4.78 is 5.05. The van der Waals surface area contributed by atoms with Gasteiger partial charge in [-0.1, -0.05) is 0 Å². The number of ether oxygens (including phenoxy) is 1. The third-order valence-corrected chi connectivity index (χ3v) is 1.38. The maximum atomic E-state index is 10.9. The van der Waals surface area contributed by atoms with Crippen LogP contribution < -0.4 is 11.1 Å². The van der Waals surface area contributed by atoms with E-state index in [0.717, 1.165) is 6.42 Å². The van der Waals surface area contributed by atoms with Crippen molar-refractivity contribution in [2.45, 2.75) is 19.8 Å². The predicted octanol–water partition coefficient (Wildman–Crippen LogP) is -0.122. The zero-order valence-electron chi connectivity index (χ0n) is 7.64. The molecule has 0 saturated carbocycles. The summed E-state index contributed by atoms with van der Waals surface area (Å²) in [6.07, 6.45) is 1.27. The van der Waals surface area contributed by atoms with Crippen molar-refractivity contribution in [1.82, 2.24) is 5.32 Å². The number of amides is 1. The molecule has 1 amide bonds. The lowest BCUT2D eigenvalue weighted by atomic mass is 10.3. The third kappa shape index (κ3) is 7.50. The molecule has 0 aliphatic rings. The van der Waals surface area contributed by atoms with Gasteiger partial charge in [-0.3, -0.25) is 4.79 Å². The molecule has 3 N–H and O–H groups in total. The molecule has 0 rings (SSSR count). The van der Waals surface area contributed by atoms with E-state index < -0.39 is 0 Å². The van der Waals surface area contributed by atoms with Crippen molar-refractivity contribution in [3.05, 3.63) is 0 Å². The molecule has 0 aliphatic heterocycles. The van der Waals surface area contributed by atoms with E-state index >= 15 is 0 Å². The zero-order chi connectivity index (χ0) is 9.23. The molecule has 12 heavy (non-hydrogen) atoms. The number of hydrogen-bond donors (Lipinski definition) is 2. The highest BCUT2D eigenvalue weighted by Crippen LogP contribution is 1.84. The lowest BCUT2D eigenvalue weighted by Crippen LogP contribution is -2.27. The number of carbonyl (C=O) groups excluding carboxylic acids is 1. The number of hydrogen-bond acceptors (Lipinski definition) is 3. The van der Waals surface area contributed by atoms with Crippen LogP contribution in [0.5, 0.6) is 0 Å². The summed E-state index contributed by atoms with van der Waals surface area (Å²) in [6.45, 7) is 4.37. The summed E-state index contributed by atoms with van der Waals surface area (Å²) in [7, 11) is 0. The number of nitrogens with two attached hydrogens (primary N) is 1. The van der Waals surface area contributed by atoms with Crippen molar-refractivity contribution in [2.24, 2.45) is 5.73 Å². The van der Waals surface area contributed by atoms with Crippen LogP contribution in [-0.2, 0) is 9.53 Å². The molecule has 0 saturated heterocycles. The van der Waals surface area contributed by atoms with Crippen LogP contribution in [0.3, 0.4) is 0 Å². The summed E-state index contributed by atoms with van der Waals surface area (Å²) in [6, 6.07) is 0.